The molecule has 22 heavy (non-hydrogen) atoms. The Bertz CT molecular complexity index is 654. The van der Waals surface area contributed by atoms with E-state index >= 15 is 0 Å². The lowest BCUT2D eigenvalue weighted by atomic mass is 9.79. The van der Waals surface area contributed by atoms with Crippen molar-refractivity contribution in [2.45, 2.75) is 32.2 Å². The van der Waals surface area contributed by atoms with Gasteiger partial charge in [0.15, 0.2) is 0 Å². The first-order valence-electron chi connectivity index (χ1n) is 7.24. The fourth-order valence-electron chi connectivity index (χ4n) is 2.31. The van der Waals surface area contributed by atoms with Gasteiger partial charge in [-0.2, -0.15) is 0 Å². The highest BCUT2D eigenvalue weighted by Crippen LogP contribution is 2.28. The molecule has 2 aromatic carbocycles. The Balaban J connectivity index is 2.13. The molecule has 1 atom stereocenters. The minimum atomic E-state index is -0.803. The van der Waals surface area contributed by atoms with Crippen molar-refractivity contribution in [3.8, 4) is 0 Å². The van der Waals surface area contributed by atoms with Crippen LogP contribution in [0.5, 0.6) is 0 Å². The van der Waals surface area contributed by atoms with Gasteiger partial charge in [0.05, 0.1) is 5.41 Å². The molecule has 1 N–H and O–H groups in total. The van der Waals surface area contributed by atoms with E-state index < -0.39 is 5.41 Å². The van der Waals surface area contributed by atoms with Crippen LogP contribution in [-0.4, -0.2) is 5.91 Å². The molecule has 4 heteroatoms. The van der Waals surface area contributed by atoms with Crippen LogP contribution in [0, 0.1) is 11.6 Å². The number of nitrogens with one attached hydrogen (secondary N) is 1. The Morgan fingerprint density at radius 2 is 1.77 bits per heavy atom. The van der Waals surface area contributed by atoms with E-state index in [1.54, 1.807) is 31.2 Å². The van der Waals surface area contributed by atoms with Crippen LogP contribution >= 0.6 is 0 Å². The molecule has 0 spiro atoms. The lowest BCUT2D eigenvalue weighted by Gasteiger charge is -2.27. The molecular formula is C18H19F2NO. The summed E-state index contributed by atoms with van der Waals surface area (Å²) in [5, 5.41) is 2.84. The van der Waals surface area contributed by atoms with Crippen LogP contribution in [0.2, 0.25) is 0 Å². The van der Waals surface area contributed by atoms with Crippen LogP contribution in [0.3, 0.4) is 0 Å². The zero-order chi connectivity index (χ0) is 16.2. The summed E-state index contributed by atoms with van der Waals surface area (Å²) in [4.78, 5) is 12.5. The van der Waals surface area contributed by atoms with E-state index in [0.29, 0.717) is 18.5 Å². The van der Waals surface area contributed by atoms with Gasteiger partial charge in [0.1, 0.15) is 11.6 Å². The number of hydrogen-bond acceptors (Lipinski definition) is 1. The molecule has 0 saturated carbocycles. The van der Waals surface area contributed by atoms with Crippen LogP contribution in [0.15, 0.2) is 48.5 Å². The first kappa shape index (κ1) is 16.1. The van der Waals surface area contributed by atoms with Gasteiger partial charge in [0.2, 0.25) is 5.91 Å². The van der Waals surface area contributed by atoms with Gasteiger partial charge in [-0.1, -0.05) is 31.2 Å². The summed E-state index contributed by atoms with van der Waals surface area (Å²) in [5.41, 5.74) is 0.654. The van der Waals surface area contributed by atoms with Crippen LogP contribution < -0.4 is 5.32 Å². The maximum absolute atomic E-state index is 13.4. The Morgan fingerprint density at radius 3 is 2.36 bits per heavy atom. The Morgan fingerprint density at radius 1 is 1.09 bits per heavy atom. The quantitative estimate of drug-likeness (QED) is 0.890. The van der Waals surface area contributed by atoms with Crippen molar-refractivity contribution in [1.29, 1.82) is 0 Å². The van der Waals surface area contributed by atoms with Crippen molar-refractivity contribution in [2.75, 3.05) is 0 Å². The van der Waals surface area contributed by atoms with Gasteiger partial charge < -0.3 is 5.32 Å². The Kier molecular flexibility index (Phi) is 4.91. The second-order valence-electron chi connectivity index (χ2n) is 5.51. The molecule has 0 aliphatic heterocycles. The van der Waals surface area contributed by atoms with Gasteiger partial charge in [-0.25, -0.2) is 8.78 Å². The van der Waals surface area contributed by atoms with Crippen LogP contribution in [0.1, 0.15) is 31.4 Å². The second kappa shape index (κ2) is 6.69. The maximum Gasteiger partial charge on any atom is 0.230 e. The predicted molar refractivity (Wildman–Crippen MR) is 82.3 cm³/mol. The number of carbonyl (C=O) groups excluding carboxylic acids is 1. The minimum Gasteiger partial charge on any atom is -0.351 e. The zero-order valence-corrected chi connectivity index (χ0v) is 12.7. The predicted octanol–water partition coefficient (Wildman–Crippen LogP) is 3.95. The third-order valence-corrected chi connectivity index (χ3v) is 4.04. The molecule has 0 aromatic heterocycles. The normalized spacial score (nSPS) is 13.5. The first-order chi connectivity index (χ1) is 10.5. The number of amides is 1. The topological polar surface area (TPSA) is 29.1 Å². The van der Waals surface area contributed by atoms with E-state index in [-0.39, 0.29) is 17.5 Å². The standard InChI is InChI=1S/C18H19F2NO/c1-3-18(2,14-5-4-6-16(20)11-14)17(22)21-12-13-7-9-15(19)10-8-13/h4-11H,3,12H2,1-2H3,(H,21,22). The van der Waals surface area contributed by atoms with E-state index in [1.807, 2.05) is 6.92 Å². The fraction of sp³-hybridized carbons (Fsp3) is 0.278. The van der Waals surface area contributed by atoms with Crippen molar-refractivity contribution < 1.29 is 13.6 Å². The molecule has 0 bridgehead atoms. The van der Waals surface area contributed by atoms with E-state index in [0.717, 1.165) is 5.56 Å². The smallest absolute Gasteiger partial charge is 0.230 e. The van der Waals surface area contributed by atoms with Crippen molar-refractivity contribution in [3.63, 3.8) is 0 Å². The molecular weight excluding hydrogens is 284 g/mol. The van der Waals surface area contributed by atoms with Crippen molar-refractivity contribution in [3.05, 3.63) is 71.3 Å². The fourth-order valence-corrected chi connectivity index (χ4v) is 2.31. The molecule has 0 aliphatic carbocycles. The summed E-state index contributed by atoms with van der Waals surface area (Å²) in [6.45, 7) is 3.99. The highest BCUT2D eigenvalue weighted by Gasteiger charge is 2.33. The summed E-state index contributed by atoms with van der Waals surface area (Å²) >= 11 is 0. The minimum absolute atomic E-state index is 0.176. The van der Waals surface area contributed by atoms with Gasteiger partial charge in [-0.3, -0.25) is 4.79 Å². The van der Waals surface area contributed by atoms with Gasteiger partial charge in [0.25, 0.3) is 0 Å². The molecule has 116 valence electrons. The van der Waals surface area contributed by atoms with Crippen molar-refractivity contribution in [1.82, 2.24) is 5.32 Å². The lowest BCUT2D eigenvalue weighted by Crippen LogP contribution is -2.41. The molecule has 0 fully saturated rings. The Labute approximate surface area is 129 Å². The summed E-state index contributed by atoms with van der Waals surface area (Å²) in [6.07, 6.45) is 0.547. The van der Waals surface area contributed by atoms with E-state index in [2.05, 4.69) is 5.32 Å². The summed E-state index contributed by atoms with van der Waals surface area (Å²) in [7, 11) is 0. The van der Waals surface area contributed by atoms with Gasteiger partial charge in [-0.15, -0.1) is 0 Å². The van der Waals surface area contributed by atoms with E-state index in [4.69, 9.17) is 0 Å². The Hall–Kier alpha value is -2.23. The zero-order valence-electron chi connectivity index (χ0n) is 12.7. The monoisotopic (exact) mass is 303 g/mol. The second-order valence-corrected chi connectivity index (χ2v) is 5.51. The van der Waals surface area contributed by atoms with Gasteiger partial charge in [0, 0.05) is 6.54 Å². The van der Waals surface area contributed by atoms with Crippen LogP contribution in [-0.2, 0) is 16.8 Å². The van der Waals surface area contributed by atoms with Crippen molar-refractivity contribution >= 4 is 5.91 Å². The number of carbonyl (C=O) groups is 1. The highest BCUT2D eigenvalue weighted by molar-refractivity contribution is 5.87. The van der Waals surface area contributed by atoms with Crippen LogP contribution in [0.25, 0.3) is 0 Å². The molecule has 2 aromatic rings. The molecule has 2 rings (SSSR count). The SMILES string of the molecule is CCC(C)(C(=O)NCc1ccc(F)cc1)c1cccc(F)c1. The molecule has 0 saturated heterocycles. The first-order valence-corrected chi connectivity index (χ1v) is 7.24. The molecule has 0 aliphatic rings. The highest BCUT2D eigenvalue weighted by atomic mass is 19.1. The lowest BCUT2D eigenvalue weighted by molar-refractivity contribution is -0.126. The number of rotatable bonds is 5. The van der Waals surface area contributed by atoms with Gasteiger partial charge in [-0.05, 0) is 48.7 Å². The number of benzene rings is 2. The summed E-state index contributed by atoms with van der Waals surface area (Å²) in [5.74, 6) is -0.846. The molecule has 1 amide bonds. The average molecular weight is 303 g/mol. The third-order valence-electron chi connectivity index (χ3n) is 4.04. The van der Waals surface area contributed by atoms with Gasteiger partial charge >= 0.3 is 0 Å². The molecule has 0 heterocycles. The third kappa shape index (κ3) is 3.50. The van der Waals surface area contributed by atoms with Crippen LogP contribution in [0.4, 0.5) is 8.78 Å². The van der Waals surface area contributed by atoms with E-state index in [1.165, 1.54) is 24.3 Å². The number of halogens is 2. The maximum atomic E-state index is 13.4. The molecule has 0 radical (unpaired) electrons. The number of hydrogen-bond donors (Lipinski definition) is 1. The largest absolute Gasteiger partial charge is 0.351 e. The summed E-state index contributed by atoms with van der Waals surface area (Å²) in [6, 6.07) is 12.1. The summed E-state index contributed by atoms with van der Waals surface area (Å²) < 4.78 is 26.3. The molecule has 2 nitrogen and oxygen atoms in total. The molecule has 1 unspecified atom stereocenters. The van der Waals surface area contributed by atoms with E-state index in [9.17, 15) is 13.6 Å². The van der Waals surface area contributed by atoms with Crippen molar-refractivity contribution in [2.24, 2.45) is 0 Å². The average Bonchev–Trinajstić information content (AvgIpc) is 2.53.